The van der Waals surface area contributed by atoms with E-state index in [0.29, 0.717) is 0 Å². The molecule has 0 fully saturated rings. The van der Waals surface area contributed by atoms with E-state index in [4.69, 9.17) is 14.6 Å². The zero-order chi connectivity index (χ0) is 13.1. The van der Waals surface area contributed by atoms with Gasteiger partial charge in [-0.15, -0.1) is 0 Å². The lowest BCUT2D eigenvalue weighted by Gasteiger charge is -2.09. The monoisotopic (exact) mass is 249 g/mol. The normalized spacial score (nSPS) is 10.9. The Morgan fingerprint density at radius 1 is 1.17 bits per heavy atom. The first-order chi connectivity index (χ1) is 8.72. The minimum Gasteiger partial charge on any atom is -0.496 e. The Morgan fingerprint density at radius 3 is 2.44 bits per heavy atom. The summed E-state index contributed by atoms with van der Waals surface area (Å²) in [6.45, 7) is 0.197. The van der Waals surface area contributed by atoms with Crippen molar-refractivity contribution >= 4 is 10.9 Å². The third kappa shape index (κ3) is 2.04. The molecule has 0 saturated heterocycles. The van der Waals surface area contributed by atoms with E-state index in [2.05, 4.69) is 6.20 Å². The van der Waals surface area contributed by atoms with Crippen molar-refractivity contribution < 1.29 is 14.6 Å². The topological polar surface area (TPSA) is 43.6 Å². The minimum atomic E-state index is 0.197. The molecule has 2 aromatic rings. The summed E-state index contributed by atoms with van der Waals surface area (Å²) in [7, 11) is 5.33. The highest BCUT2D eigenvalue weighted by atomic mass is 16.5. The largest absolute Gasteiger partial charge is 0.496 e. The number of rotatable bonds is 5. The quantitative estimate of drug-likeness (QED) is 0.882. The van der Waals surface area contributed by atoms with Crippen LogP contribution >= 0.6 is 0 Å². The number of nitrogens with zero attached hydrogens (tertiary/aromatic N) is 1. The van der Waals surface area contributed by atoms with E-state index in [0.717, 1.165) is 35.2 Å². The summed E-state index contributed by atoms with van der Waals surface area (Å²) in [5.41, 5.74) is 2.21. The van der Waals surface area contributed by atoms with E-state index in [1.54, 1.807) is 14.2 Å². The SMILES string of the molecule is COc1ccc(OC)c2c1c(CCCO)cn2C. The lowest BCUT2D eigenvalue weighted by Crippen LogP contribution is -1.92. The van der Waals surface area contributed by atoms with Crippen molar-refractivity contribution in [1.82, 2.24) is 4.57 Å². The second kappa shape index (κ2) is 5.31. The first-order valence-corrected chi connectivity index (χ1v) is 6.02. The van der Waals surface area contributed by atoms with Gasteiger partial charge in [0.05, 0.1) is 19.7 Å². The molecular formula is C14H19NO3. The number of hydrogen-bond acceptors (Lipinski definition) is 3. The summed E-state index contributed by atoms with van der Waals surface area (Å²) in [6.07, 6.45) is 3.65. The molecule has 0 amide bonds. The summed E-state index contributed by atoms with van der Waals surface area (Å²) in [5, 5.41) is 10.0. The number of aliphatic hydroxyl groups excluding tert-OH is 1. The van der Waals surface area contributed by atoms with Gasteiger partial charge in [0.15, 0.2) is 0 Å². The van der Waals surface area contributed by atoms with Gasteiger partial charge in [-0.3, -0.25) is 0 Å². The van der Waals surface area contributed by atoms with Crippen LogP contribution in [0.3, 0.4) is 0 Å². The molecule has 0 aliphatic rings. The van der Waals surface area contributed by atoms with Gasteiger partial charge in [0.1, 0.15) is 11.5 Å². The molecule has 98 valence electrons. The number of benzene rings is 1. The van der Waals surface area contributed by atoms with E-state index in [9.17, 15) is 0 Å². The Morgan fingerprint density at radius 2 is 1.83 bits per heavy atom. The number of aliphatic hydroxyl groups is 1. The maximum atomic E-state index is 8.97. The van der Waals surface area contributed by atoms with Gasteiger partial charge < -0.3 is 19.1 Å². The molecule has 4 heteroatoms. The van der Waals surface area contributed by atoms with Crippen LogP contribution in [0.5, 0.6) is 11.5 Å². The maximum absolute atomic E-state index is 8.97. The van der Waals surface area contributed by atoms with Crippen LogP contribution in [0, 0.1) is 0 Å². The molecule has 0 saturated carbocycles. The fourth-order valence-electron chi connectivity index (χ4n) is 2.37. The predicted octanol–water partition coefficient (Wildman–Crippen LogP) is 2.12. The molecule has 4 nitrogen and oxygen atoms in total. The van der Waals surface area contributed by atoms with Crippen LogP contribution in [0.2, 0.25) is 0 Å². The van der Waals surface area contributed by atoms with Gasteiger partial charge in [-0.05, 0) is 30.5 Å². The van der Waals surface area contributed by atoms with E-state index < -0.39 is 0 Å². The van der Waals surface area contributed by atoms with Crippen LogP contribution in [0.25, 0.3) is 10.9 Å². The minimum absolute atomic E-state index is 0.197. The van der Waals surface area contributed by atoms with E-state index >= 15 is 0 Å². The average molecular weight is 249 g/mol. The molecule has 0 spiro atoms. The third-order valence-corrected chi connectivity index (χ3v) is 3.17. The fourth-order valence-corrected chi connectivity index (χ4v) is 2.37. The number of aryl methyl sites for hydroxylation is 2. The summed E-state index contributed by atoms with van der Waals surface area (Å²) in [6, 6.07) is 3.83. The number of hydrogen-bond donors (Lipinski definition) is 1. The van der Waals surface area contributed by atoms with Gasteiger partial charge in [-0.2, -0.15) is 0 Å². The predicted molar refractivity (Wildman–Crippen MR) is 71.4 cm³/mol. The molecule has 1 heterocycles. The second-order valence-electron chi connectivity index (χ2n) is 4.29. The lowest BCUT2D eigenvalue weighted by molar-refractivity contribution is 0.288. The van der Waals surface area contributed by atoms with Crippen molar-refractivity contribution in [3.63, 3.8) is 0 Å². The highest BCUT2D eigenvalue weighted by Crippen LogP contribution is 2.36. The second-order valence-corrected chi connectivity index (χ2v) is 4.29. The first kappa shape index (κ1) is 12.8. The summed E-state index contributed by atoms with van der Waals surface area (Å²) in [5.74, 6) is 1.68. The summed E-state index contributed by atoms with van der Waals surface area (Å²) >= 11 is 0. The first-order valence-electron chi connectivity index (χ1n) is 6.02. The molecule has 0 unspecified atom stereocenters. The van der Waals surface area contributed by atoms with Crippen LogP contribution in [0.15, 0.2) is 18.3 Å². The Kier molecular flexibility index (Phi) is 3.77. The van der Waals surface area contributed by atoms with Gasteiger partial charge >= 0.3 is 0 Å². The van der Waals surface area contributed by atoms with Crippen LogP contribution in [-0.4, -0.2) is 30.5 Å². The van der Waals surface area contributed by atoms with E-state index in [1.165, 1.54) is 5.56 Å². The third-order valence-electron chi connectivity index (χ3n) is 3.17. The van der Waals surface area contributed by atoms with Gasteiger partial charge in [-0.25, -0.2) is 0 Å². The molecule has 0 aliphatic heterocycles. The molecule has 0 atom stereocenters. The van der Waals surface area contributed by atoms with Crippen molar-refractivity contribution in [3.05, 3.63) is 23.9 Å². The molecule has 1 aromatic heterocycles. The van der Waals surface area contributed by atoms with E-state index in [1.807, 2.05) is 23.7 Å². The van der Waals surface area contributed by atoms with Crippen molar-refractivity contribution in [2.45, 2.75) is 12.8 Å². The highest BCUT2D eigenvalue weighted by Gasteiger charge is 2.15. The Labute approximate surface area is 107 Å². The summed E-state index contributed by atoms with van der Waals surface area (Å²) < 4.78 is 12.9. The molecule has 0 aliphatic carbocycles. The number of fused-ring (bicyclic) bond motifs is 1. The smallest absolute Gasteiger partial charge is 0.143 e. The van der Waals surface area contributed by atoms with Crippen LogP contribution in [0.1, 0.15) is 12.0 Å². The molecule has 1 aromatic carbocycles. The zero-order valence-corrected chi connectivity index (χ0v) is 11.1. The Balaban J connectivity index is 2.65. The summed E-state index contributed by atoms with van der Waals surface area (Å²) in [4.78, 5) is 0. The van der Waals surface area contributed by atoms with Crippen LogP contribution in [0.4, 0.5) is 0 Å². The molecular weight excluding hydrogens is 230 g/mol. The standard InChI is InChI=1S/C14H19NO3/c1-15-9-10(5-4-8-16)13-11(17-2)6-7-12(18-3)14(13)15/h6-7,9,16H,4-5,8H2,1-3H3. The molecule has 1 N–H and O–H groups in total. The zero-order valence-electron chi connectivity index (χ0n) is 11.1. The van der Waals surface area contributed by atoms with Crippen LogP contribution < -0.4 is 9.47 Å². The fraction of sp³-hybridized carbons (Fsp3) is 0.429. The molecule has 0 radical (unpaired) electrons. The van der Waals surface area contributed by atoms with Gasteiger partial charge in [0, 0.05) is 25.2 Å². The van der Waals surface area contributed by atoms with Gasteiger partial charge in [0.2, 0.25) is 0 Å². The molecule has 18 heavy (non-hydrogen) atoms. The van der Waals surface area contributed by atoms with Gasteiger partial charge in [-0.1, -0.05) is 0 Å². The van der Waals surface area contributed by atoms with Crippen LogP contribution in [-0.2, 0) is 13.5 Å². The number of methoxy groups -OCH3 is 2. The Hall–Kier alpha value is -1.68. The molecule has 0 bridgehead atoms. The van der Waals surface area contributed by atoms with Gasteiger partial charge in [0.25, 0.3) is 0 Å². The van der Waals surface area contributed by atoms with E-state index in [-0.39, 0.29) is 6.61 Å². The van der Waals surface area contributed by atoms with Crippen molar-refractivity contribution in [3.8, 4) is 11.5 Å². The van der Waals surface area contributed by atoms with Crippen molar-refractivity contribution in [2.75, 3.05) is 20.8 Å². The lowest BCUT2D eigenvalue weighted by atomic mass is 10.1. The van der Waals surface area contributed by atoms with Crippen molar-refractivity contribution in [1.29, 1.82) is 0 Å². The number of ether oxygens (including phenoxy) is 2. The van der Waals surface area contributed by atoms with Crippen molar-refractivity contribution in [2.24, 2.45) is 7.05 Å². The molecule has 2 rings (SSSR count). The number of aromatic nitrogens is 1. The maximum Gasteiger partial charge on any atom is 0.143 e. The highest BCUT2D eigenvalue weighted by molar-refractivity contribution is 5.94. The Bertz CT molecular complexity index is 545. The average Bonchev–Trinajstić information content (AvgIpc) is 2.73.